The van der Waals surface area contributed by atoms with Crippen LogP contribution in [0.15, 0.2) is 47.4 Å². The average Bonchev–Trinajstić information content (AvgIpc) is 3.27. The van der Waals surface area contributed by atoms with E-state index in [0.717, 1.165) is 37.2 Å². The highest BCUT2D eigenvalue weighted by Gasteiger charge is 2.25. The number of likely N-dealkylation sites (tertiary alicyclic amines) is 1. The normalized spacial score (nSPS) is 15.6. The van der Waals surface area contributed by atoms with Crippen LogP contribution < -0.4 is 19.9 Å². The Labute approximate surface area is 177 Å². The van der Waals surface area contributed by atoms with Gasteiger partial charge in [-0.15, -0.1) is 0 Å². The second kappa shape index (κ2) is 9.46. The molecule has 1 saturated heterocycles. The van der Waals surface area contributed by atoms with Crippen LogP contribution in [0.1, 0.15) is 34.8 Å². The quantitative estimate of drug-likeness (QED) is 0.658. The van der Waals surface area contributed by atoms with Crippen LogP contribution in [0, 0.1) is 0 Å². The van der Waals surface area contributed by atoms with Crippen molar-refractivity contribution in [2.75, 3.05) is 33.9 Å². The summed E-state index contributed by atoms with van der Waals surface area (Å²) < 4.78 is 33.8. The largest absolute Gasteiger partial charge is 0.497 e. The van der Waals surface area contributed by atoms with Crippen LogP contribution in [0.3, 0.4) is 0 Å². The second-order valence-corrected chi connectivity index (χ2v) is 8.71. The van der Waals surface area contributed by atoms with Gasteiger partial charge in [-0.25, -0.2) is 13.6 Å². The van der Waals surface area contributed by atoms with Crippen LogP contribution in [-0.4, -0.2) is 53.1 Å². The molecule has 3 rings (SSSR count). The van der Waals surface area contributed by atoms with E-state index in [0.29, 0.717) is 6.54 Å². The van der Waals surface area contributed by atoms with Crippen molar-refractivity contribution < 1.29 is 22.7 Å². The number of nitrogens with zero attached hydrogens (tertiary/aromatic N) is 1. The van der Waals surface area contributed by atoms with Gasteiger partial charge in [0.05, 0.1) is 30.7 Å². The zero-order valence-corrected chi connectivity index (χ0v) is 17.9. The lowest BCUT2D eigenvalue weighted by molar-refractivity contribution is 0.0934. The molecule has 30 heavy (non-hydrogen) atoms. The maximum atomic E-state index is 12.9. The van der Waals surface area contributed by atoms with Gasteiger partial charge in [-0.2, -0.15) is 0 Å². The summed E-state index contributed by atoms with van der Waals surface area (Å²) in [5, 5.41) is 8.13. The predicted octanol–water partition coefficient (Wildman–Crippen LogP) is 1.92. The van der Waals surface area contributed by atoms with Crippen molar-refractivity contribution >= 4 is 15.9 Å². The maximum absolute atomic E-state index is 12.9. The lowest BCUT2D eigenvalue weighted by Crippen LogP contribution is -2.37. The van der Waals surface area contributed by atoms with E-state index >= 15 is 0 Å². The molecule has 1 atom stereocenters. The minimum absolute atomic E-state index is 0.00484. The van der Waals surface area contributed by atoms with Gasteiger partial charge in [-0.3, -0.25) is 9.69 Å². The van der Waals surface area contributed by atoms with Crippen molar-refractivity contribution in [3.63, 3.8) is 0 Å². The fraction of sp³-hybridized carbons (Fsp3) is 0.381. The Hall–Kier alpha value is -2.62. The summed E-state index contributed by atoms with van der Waals surface area (Å²) >= 11 is 0. The number of hydrogen-bond donors (Lipinski definition) is 2. The summed E-state index contributed by atoms with van der Waals surface area (Å²) in [6.07, 6.45) is 2.23. The molecule has 0 radical (unpaired) electrons. The monoisotopic (exact) mass is 433 g/mol. The van der Waals surface area contributed by atoms with Crippen LogP contribution in [0.2, 0.25) is 0 Å². The van der Waals surface area contributed by atoms with Crippen molar-refractivity contribution in [1.29, 1.82) is 0 Å². The molecule has 0 aromatic heterocycles. The van der Waals surface area contributed by atoms with E-state index in [2.05, 4.69) is 10.2 Å². The Balaban J connectivity index is 1.82. The molecule has 1 fully saturated rings. The van der Waals surface area contributed by atoms with Gasteiger partial charge in [0.2, 0.25) is 10.0 Å². The number of methoxy groups -OCH3 is 2. The second-order valence-electron chi connectivity index (χ2n) is 7.15. The number of ether oxygens (including phenoxy) is 2. The van der Waals surface area contributed by atoms with E-state index in [9.17, 15) is 13.2 Å². The molecule has 0 unspecified atom stereocenters. The van der Waals surface area contributed by atoms with Crippen molar-refractivity contribution in [3.8, 4) is 11.5 Å². The molecule has 2 aromatic rings. The third-order valence-corrected chi connectivity index (χ3v) is 6.19. The van der Waals surface area contributed by atoms with Crippen LogP contribution in [0.4, 0.5) is 0 Å². The zero-order chi connectivity index (χ0) is 21.7. The standard InChI is InChI=1S/C21H27N3O5S/c1-28-16-7-5-15(6-8-16)19(24-11-3-4-12-24)14-23-21(25)18-13-17(30(22,26)27)9-10-20(18)29-2/h5-10,13,19H,3-4,11-12,14H2,1-2H3,(H,23,25)(H2,22,26,27)/t19-/m1/s1. The number of hydrogen-bond acceptors (Lipinski definition) is 6. The van der Waals surface area contributed by atoms with Crippen LogP contribution in [0.5, 0.6) is 11.5 Å². The van der Waals surface area contributed by atoms with Crippen molar-refractivity contribution in [3.05, 3.63) is 53.6 Å². The van der Waals surface area contributed by atoms with Crippen LogP contribution in [-0.2, 0) is 10.0 Å². The van der Waals surface area contributed by atoms with E-state index in [1.54, 1.807) is 7.11 Å². The minimum atomic E-state index is -3.93. The first-order valence-electron chi connectivity index (χ1n) is 9.70. The lowest BCUT2D eigenvalue weighted by atomic mass is 10.0. The SMILES string of the molecule is COc1ccc([C@@H](CNC(=O)c2cc(S(N)(=O)=O)ccc2OC)N2CCCC2)cc1. The summed E-state index contributed by atoms with van der Waals surface area (Å²) in [4.78, 5) is 15.1. The molecule has 1 aliphatic heterocycles. The topological polar surface area (TPSA) is 111 Å². The summed E-state index contributed by atoms with van der Waals surface area (Å²) in [7, 11) is -0.888. The van der Waals surface area contributed by atoms with Crippen molar-refractivity contribution in [2.24, 2.45) is 5.14 Å². The number of carbonyl (C=O) groups excluding carboxylic acids is 1. The van der Waals surface area contributed by atoms with Gasteiger partial charge < -0.3 is 14.8 Å². The highest BCUT2D eigenvalue weighted by atomic mass is 32.2. The first-order chi connectivity index (χ1) is 14.3. The van der Waals surface area contributed by atoms with Gasteiger partial charge in [-0.05, 0) is 61.8 Å². The molecule has 3 N–H and O–H groups in total. The van der Waals surface area contributed by atoms with E-state index < -0.39 is 15.9 Å². The molecule has 1 aliphatic rings. The Morgan fingerprint density at radius 2 is 1.77 bits per heavy atom. The van der Waals surface area contributed by atoms with Gasteiger partial charge in [0.1, 0.15) is 11.5 Å². The summed E-state index contributed by atoms with van der Waals surface area (Å²) in [5.74, 6) is 0.629. The lowest BCUT2D eigenvalue weighted by Gasteiger charge is -2.28. The molecule has 0 saturated carbocycles. The number of rotatable bonds is 8. The Kier molecular flexibility index (Phi) is 6.96. The van der Waals surface area contributed by atoms with E-state index in [-0.39, 0.29) is 22.3 Å². The number of sulfonamides is 1. The van der Waals surface area contributed by atoms with Crippen LogP contribution >= 0.6 is 0 Å². The number of nitrogens with two attached hydrogens (primary N) is 1. The van der Waals surface area contributed by atoms with Gasteiger partial charge in [-0.1, -0.05) is 12.1 Å². The Morgan fingerprint density at radius 3 is 2.33 bits per heavy atom. The number of carbonyl (C=O) groups is 1. The van der Waals surface area contributed by atoms with Crippen molar-refractivity contribution in [2.45, 2.75) is 23.8 Å². The fourth-order valence-electron chi connectivity index (χ4n) is 3.66. The predicted molar refractivity (Wildman–Crippen MR) is 113 cm³/mol. The molecule has 9 heteroatoms. The molecule has 162 valence electrons. The zero-order valence-electron chi connectivity index (χ0n) is 17.1. The first kappa shape index (κ1) is 22.1. The fourth-order valence-corrected chi connectivity index (χ4v) is 4.20. The highest BCUT2D eigenvalue weighted by Crippen LogP contribution is 2.27. The summed E-state index contributed by atoms with van der Waals surface area (Å²) in [5.41, 5.74) is 1.20. The number of nitrogens with one attached hydrogen (secondary N) is 1. The molecule has 1 heterocycles. The molecule has 8 nitrogen and oxygen atoms in total. The average molecular weight is 434 g/mol. The minimum Gasteiger partial charge on any atom is -0.497 e. The smallest absolute Gasteiger partial charge is 0.255 e. The molecule has 0 aliphatic carbocycles. The first-order valence-corrected chi connectivity index (χ1v) is 11.2. The maximum Gasteiger partial charge on any atom is 0.255 e. The van der Waals surface area contributed by atoms with E-state index in [1.807, 2.05) is 24.3 Å². The van der Waals surface area contributed by atoms with E-state index in [1.165, 1.54) is 25.3 Å². The van der Waals surface area contributed by atoms with Crippen LogP contribution in [0.25, 0.3) is 0 Å². The molecule has 1 amide bonds. The number of benzene rings is 2. The molecule has 2 aromatic carbocycles. The Bertz CT molecular complexity index is 986. The summed E-state index contributed by atoms with van der Waals surface area (Å²) in [6.45, 7) is 2.28. The Morgan fingerprint density at radius 1 is 1.10 bits per heavy atom. The van der Waals surface area contributed by atoms with Gasteiger partial charge in [0, 0.05) is 6.54 Å². The molecular formula is C21H27N3O5S. The van der Waals surface area contributed by atoms with Gasteiger partial charge in [0.15, 0.2) is 0 Å². The molecule has 0 spiro atoms. The summed E-state index contributed by atoms with van der Waals surface area (Å²) in [6, 6.07) is 11.8. The van der Waals surface area contributed by atoms with Gasteiger partial charge >= 0.3 is 0 Å². The highest BCUT2D eigenvalue weighted by molar-refractivity contribution is 7.89. The van der Waals surface area contributed by atoms with Crippen molar-refractivity contribution in [1.82, 2.24) is 10.2 Å². The van der Waals surface area contributed by atoms with E-state index in [4.69, 9.17) is 14.6 Å². The third kappa shape index (κ3) is 5.10. The molecule has 0 bridgehead atoms. The van der Waals surface area contributed by atoms with Gasteiger partial charge in [0.25, 0.3) is 5.91 Å². The molecular weight excluding hydrogens is 406 g/mol. The number of primary sulfonamides is 1. The number of amides is 1. The third-order valence-electron chi connectivity index (χ3n) is 5.28.